The molecule has 8 rings (SSSR count). The summed E-state index contributed by atoms with van der Waals surface area (Å²) in [6, 6.07) is 35.3. The number of benzene rings is 5. The fourth-order valence-electron chi connectivity index (χ4n) is 8.30. The summed E-state index contributed by atoms with van der Waals surface area (Å²) in [5.74, 6) is 0.542. The van der Waals surface area contributed by atoms with Crippen molar-refractivity contribution in [2.75, 3.05) is 6.61 Å². The number of rotatable bonds is 13. The third kappa shape index (κ3) is 9.39. The van der Waals surface area contributed by atoms with Crippen molar-refractivity contribution in [3.63, 3.8) is 0 Å². The number of carbonyl (C=O) groups excluding carboxylic acids is 1. The fraction of sp³-hybridized carbons (Fsp3) is 0.260. The maximum absolute atomic E-state index is 14.4. The lowest BCUT2D eigenvalue weighted by Gasteiger charge is -2.42. The maximum Gasteiger partial charge on any atom is 0.326 e. The summed E-state index contributed by atoms with van der Waals surface area (Å²) in [6.45, 7) is 7.25. The Morgan fingerprint density at radius 1 is 0.885 bits per heavy atom. The van der Waals surface area contributed by atoms with Gasteiger partial charge >= 0.3 is 5.97 Å². The van der Waals surface area contributed by atoms with Gasteiger partial charge < -0.3 is 24.6 Å². The second-order valence-corrected chi connectivity index (χ2v) is 16.5. The first-order chi connectivity index (χ1) is 29.5. The molecule has 0 fully saturated rings. The molecule has 4 atom stereocenters. The van der Waals surface area contributed by atoms with E-state index in [0.717, 1.165) is 62.2 Å². The second-order valence-electron chi connectivity index (χ2n) is 15.7. The molecule has 1 aromatic heterocycles. The number of nitrogens with one attached hydrogen (secondary N) is 1. The fourth-order valence-corrected chi connectivity index (χ4v) is 8.62. The van der Waals surface area contributed by atoms with E-state index in [9.17, 15) is 14.7 Å². The molecule has 0 bridgehead atoms. The molecule has 312 valence electrons. The number of aromatic nitrogens is 1. The minimum Gasteiger partial charge on any atom is -0.489 e. The molecule has 11 heteroatoms. The van der Waals surface area contributed by atoms with Crippen LogP contribution in [-0.4, -0.2) is 45.6 Å². The molecule has 4 unspecified atom stereocenters. The molecule has 61 heavy (non-hydrogen) atoms. The van der Waals surface area contributed by atoms with Crippen LogP contribution in [0.2, 0.25) is 10.0 Å². The Kier molecular flexibility index (Phi) is 12.6. The van der Waals surface area contributed by atoms with Crippen molar-refractivity contribution in [2.24, 2.45) is 0 Å². The number of ether oxygens (including phenoxy) is 3. The van der Waals surface area contributed by atoms with Gasteiger partial charge in [0.05, 0.1) is 16.1 Å². The summed E-state index contributed by atoms with van der Waals surface area (Å²) in [5, 5.41) is 14.3. The zero-order valence-electron chi connectivity index (χ0n) is 34.2. The first-order valence-electron chi connectivity index (χ1n) is 20.5. The molecular formula is C50H47Cl2N3O6. The van der Waals surface area contributed by atoms with Gasteiger partial charge in [-0.15, -0.1) is 0 Å². The molecule has 0 saturated carbocycles. The minimum atomic E-state index is -1.12. The number of fused-ring (bicyclic) bond motifs is 2. The number of amides is 1. The highest BCUT2D eigenvalue weighted by Gasteiger charge is 2.39. The molecule has 2 aliphatic rings. The predicted octanol–water partition coefficient (Wildman–Crippen LogP) is 10.5. The Morgan fingerprint density at radius 2 is 1.62 bits per heavy atom. The van der Waals surface area contributed by atoms with Gasteiger partial charge in [0.2, 0.25) is 5.91 Å². The van der Waals surface area contributed by atoms with Gasteiger partial charge in [0, 0.05) is 30.9 Å². The van der Waals surface area contributed by atoms with E-state index in [4.69, 9.17) is 37.4 Å². The SMILES string of the molecule is CCC(c1ccccc1)N1Cc2cc3c(cc2CC1C(=O)NC(Cc1ccc(-c2ccnc(C)c2C)cc1)C(=O)O)OCC(c1ccc(OCc2ccc(Cl)c(Cl)c2)cc1)O3. The van der Waals surface area contributed by atoms with Crippen LogP contribution in [0.15, 0.2) is 121 Å². The first-order valence-corrected chi connectivity index (χ1v) is 21.3. The molecule has 6 aromatic rings. The summed E-state index contributed by atoms with van der Waals surface area (Å²) in [6.07, 6.45) is 2.72. The Bertz CT molecular complexity index is 2530. The highest BCUT2D eigenvalue weighted by Crippen LogP contribution is 2.43. The van der Waals surface area contributed by atoms with Gasteiger partial charge in [-0.05, 0) is 119 Å². The van der Waals surface area contributed by atoms with Crippen molar-refractivity contribution in [1.82, 2.24) is 15.2 Å². The topological polar surface area (TPSA) is 110 Å². The van der Waals surface area contributed by atoms with Gasteiger partial charge in [0.15, 0.2) is 17.6 Å². The van der Waals surface area contributed by atoms with E-state index >= 15 is 0 Å². The van der Waals surface area contributed by atoms with E-state index < -0.39 is 18.1 Å². The van der Waals surface area contributed by atoms with Crippen molar-refractivity contribution >= 4 is 35.1 Å². The standard InChI is InChI=1S/C50H47Cl2N3O6/c1-4-44(35-8-6-5-7-9-35)55-27-38-26-47-46(60-29-48(61-47)36-15-17-39(18-16-36)59-28-33-12-19-41(51)42(52)22-33)25-37(38)24-45(55)49(56)54-43(50(57)58)23-32-10-13-34(14-11-32)40-20-21-53-31(3)30(40)2/h5-22,25-26,43-45,48H,4,23-24,27-29H2,1-3H3,(H,54,56)(H,57,58). The molecule has 2 aliphatic heterocycles. The Hall–Kier alpha value is -5.87. The third-order valence-corrected chi connectivity index (χ3v) is 12.5. The van der Waals surface area contributed by atoms with Crippen molar-refractivity contribution in [2.45, 2.75) is 77.4 Å². The second kappa shape index (κ2) is 18.4. The summed E-state index contributed by atoms with van der Waals surface area (Å²) in [7, 11) is 0. The molecular weight excluding hydrogens is 809 g/mol. The minimum absolute atomic E-state index is 0.0976. The zero-order valence-corrected chi connectivity index (χ0v) is 35.7. The average molecular weight is 857 g/mol. The molecule has 5 aromatic carbocycles. The van der Waals surface area contributed by atoms with Crippen LogP contribution in [0.25, 0.3) is 11.1 Å². The van der Waals surface area contributed by atoms with E-state index in [-0.39, 0.29) is 24.5 Å². The van der Waals surface area contributed by atoms with Crippen LogP contribution < -0.4 is 19.5 Å². The largest absolute Gasteiger partial charge is 0.489 e. The number of carboxylic acids is 1. The number of aryl methyl sites for hydroxylation is 1. The number of carbonyl (C=O) groups is 2. The van der Waals surface area contributed by atoms with Crippen molar-refractivity contribution < 1.29 is 28.9 Å². The summed E-state index contributed by atoms with van der Waals surface area (Å²) >= 11 is 12.2. The van der Waals surface area contributed by atoms with Gasteiger partial charge in [-0.2, -0.15) is 0 Å². The molecule has 0 aliphatic carbocycles. The summed E-state index contributed by atoms with van der Waals surface area (Å²) < 4.78 is 18.9. The van der Waals surface area contributed by atoms with E-state index in [1.807, 2.05) is 105 Å². The molecule has 2 N–H and O–H groups in total. The van der Waals surface area contributed by atoms with Gasteiger partial charge in [-0.1, -0.05) is 103 Å². The number of carboxylic acid groups (broad SMARTS) is 1. The third-order valence-electron chi connectivity index (χ3n) is 11.8. The number of aliphatic carboxylic acids is 1. The summed E-state index contributed by atoms with van der Waals surface area (Å²) in [5.41, 5.74) is 9.92. The van der Waals surface area contributed by atoms with Crippen LogP contribution >= 0.6 is 23.2 Å². The lowest BCUT2D eigenvalue weighted by molar-refractivity contribution is -0.143. The first kappa shape index (κ1) is 41.8. The highest BCUT2D eigenvalue weighted by atomic mass is 35.5. The quantitative estimate of drug-likeness (QED) is 0.118. The average Bonchev–Trinajstić information content (AvgIpc) is 3.27. The Balaban J connectivity index is 0.993. The Labute approximate surface area is 366 Å². The number of nitrogens with zero attached hydrogens (tertiary/aromatic N) is 2. The Morgan fingerprint density at radius 3 is 2.34 bits per heavy atom. The molecule has 9 nitrogen and oxygen atoms in total. The van der Waals surface area contributed by atoms with Crippen molar-refractivity contribution in [3.05, 3.63) is 176 Å². The highest BCUT2D eigenvalue weighted by molar-refractivity contribution is 6.42. The monoisotopic (exact) mass is 855 g/mol. The van der Waals surface area contributed by atoms with Crippen molar-refractivity contribution in [1.29, 1.82) is 0 Å². The van der Waals surface area contributed by atoms with Gasteiger partial charge in [0.1, 0.15) is 25.0 Å². The van der Waals surface area contributed by atoms with Crippen LogP contribution in [0.3, 0.4) is 0 Å². The molecule has 0 radical (unpaired) electrons. The molecule has 3 heterocycles. The van der Waals surface area contributed by atoms with Crippen LogP contribution in [0, 0.1) is 13.8 Å². The van der Waals surface area contributed by atoms with E-state index in [2.05, 4.69) is 34.3 Å². The van der Waals surface area contributed by atoms with Crippen LogP contribution in [0.4, 0.5) is 0 Å². The molecule has 1 amide bonds. The molecule has 0 saturated heterocycles. The van der Waals surface area contributed by atoms with Gasteiger partial charge in [-0.25, -0.2) is 4.79 Å². The predicted molar refractivity (Wildman–Crippen MR) is 237 cm³/mol. The van der Waals surface area contributed by atoms with Gasteiger partial charge in [-0.3, -0.25) is 14.7 Å². The maximum atomic E-state index is 14.4. The van der Waals surface area contributed by atoms with E-state index in [0.29, 0.717) is 53.5 Å². The van der Waals surface area contributed by atoms with E-state index in [1.54, 1.807) is 18.3 Å². The zero-order chi connectivity index (χ0) is 42.6. The smallest absolute Gasteiger partial charge is 0.326 e. The van der Waals surface area contributed by atoms with Crippen molar-refractivity contribution in [3.8, 4) is 28.4 Å². The lowest BCUT2D eigenvalue weighted by atomic mass is 9.89. The number of pyridine rings is 1. The van der Waals surface area contributed by atoms with Crippen LogP contribution in [0.5, 0.6) is 17.2 Å². The van der Waals surface area contributed by atoms with Gasteiger partial charge in [0.25, 0.3) is 0 Å². The number of halogens is 2. The number of hydrogen-bond donors (Lipinski definition) is 2. The number of hydrogen-bond acceptors (Lipinski definition) is 7. The van der Waals surface area contributed by atoms with Crippen LogP contribution in [-0.2, 0) is 35.6 Å². The molecule has 0 spiro atoms. The normalized spacial score (nSPS) is 16.9. The van der Waals surface area contributed by atoms with Crippen LogP contribution in [0.1, 0.15) is 70.1 Å². The van der Waals surface area contributed by atoms with E-state index in [1.165, 1.54) is 0 Å². The summed E-state index contributed by atoms with van der Waals surface area (Å²) in [4.78, 5) is 33.7. The lowest BCUT2D eigenvalue weighted by Crippen LogP contribution is -2.55.